The van der Waals surface area contributed by atoms with Gasteiger partial charge in [0.1, 0.15) is 35.1 Å². The van der Waals surface area contributed by atoms with E-state index in [4.69, 9.17) is 33.5 Å². The lowest BCUT2D eigenvalue weighted by Crippen LogP contribution is -2.53. The average molecular weight is 1720 g/mol. The number of amides is 3. The fraction of sp³-hybridized carbons (Fsp3) is 0.582. The van der Waals surface area contributed by atoms with Crippen LogP contribution >= 0.6 is 0 Å². The van der Waals surface area contributed by atoms with Crippen molar-refractivity contribution in [3.8, 4) is 0 Å². The van der Waals surface area contributed by atoms with Gasteiger partial charge in [-0.05, 0) is 237 Å². The number of aliphatic hydroxyl groups excluding tert-OH is 1. The summed E-state index contributed by atoms with van der Waals surface area (Å²) in [4.78, 5) is 135. The molecule has 2 atom stereocenters. The van der Waals surface area contributed by atoms with Crippen LogP contribution in [-0.2, 0) is 68.3 Å². The number of hydrogen-bond donors (Lipinski definition) is 5. The number of aliphatic carboxylic acids is 1. The molecule has 6 saturated carbocycles. The van der Waals surface area contributed by atoms with E-state index in [0.29, 0.717) is 59.3 Å². The molecule has 6 aliphatic carbocycles. The van der Waals surface area contributed by atoms with E-state index >= 15 is 0 Å². The van der Waals surface area contributed by atoms with Gasteiger partial charge in [0.25, 0.3) is 17.3 Å². The first kappa shape index (κ1) is 96.3. The number of carboxylic acids is 1. The molecular formula is C98H130N4O22. The Morgan fingerprint density at radius 1 is 0.363 bits per heavy atom. The van der Waals surface area contributed by atoms with Crippen molar-refractivity contribution in [2.24, 2.45) is 33.5 Å². The van der Waals surface area contributed by atoms with Crippen LogP contribution in [0.15, 0.2) is 152 Å². The lowest BCUT2D eigenvalue weighted by atomic mass is 9.61. The molecule has 4 spiro atoms. The number of hydrogen-bond acceptors (Lipinski definition) is 22. The van der Waals surface area contributed by atoms with Crippen LogP contribution in [0.2, 0.25) is 0 Å². The third-order valence-corrected chi connectivity index (χ3v) is 26.0. The van der Waals surface area contributed by atoms with Crippen LogP contribution in [0.5, 0.6) is 0 Å². The number of Topliss-reactive ketones (excluding diaryl/α,β-unsaturated/α-hetero) is 3. The van der Waals surface area contributed by atoms with Crippen molar-refractivity contribution >= 4 is 65.5 Å². The van der Waals surface area contributed by atoms with Crippen LogP contribution in [0.1, 0.15) is 259 Å². The Balaban J connectivity index is 0.000000161. The number of carbonyl (C=O) groups excluding carboxylic acids is 10. The van der Waals surface area contributed by atoms with E-state index in [1.165, 1.54) is 32.1 Å². The average Bonchev–Trinajstić information content (AvgIpc) is 1.56. The van der Waals surface area contributed by atoms with Crippen molar-refractivity contribution in [1.29, 1.82) is 0 Å². The highest BCUT2D eigenvalue weighted by Crippen LogP contribution is 2.55. The number of aliphatic hydroxyl groups is 3. The summed E-state index contributed by atoms with van der Waals surface area (Å²) in [7, 11) is 1.18. The lowest BCUT2D eigenvalue weighted by molar-refractivity contribution is -0.193. The van der Waals surface area contributed by atoms with Crippen molar-refractivity contribution in [1.82, 2.24) is 20.0 Å². The summed E-state index contributed by atoms with van der Waals surface area (Å²) in [5, 5.41) is 44.1. The van der Waals surface area contributed by atoms with Gasteiger partial charge in [-0.15, -0.1) is 0 Å². The zero-order chi connectivity index (χ0) is 89.9. The van der Waals surface area contributed by atoms with Crippen molar-refractivity contribution in [3.63, 3.8) is 0 Å². The molecular weight excluding hydrogens is 1590 g/mol. The van der Waals surface area contributed by atoms with Gasteiger partial charge in [0.05, 0.1) is 13.2 Å². The molecule has 5 aromatic rings. The maximum absolute atomic E-state index is 13.3. The fourth-order valence-electron chi connectivity index (χ4n) is 19.0. The first-order chi connectivity index (χ1) is 58.7. The van der Waals surface area contributed by atoms with E-state index in [0.717, 1.165) is 167 Å². The molecule has 5 N–H and O–H groups in total. The highest BCUT2D eigenvalue weighted by molar-refractivity contribution is 6.41. The molecule has 5 aromatic carbocycles. The molecule has 674 valence electrons. The molecule has 4 saturated heterocycles. The van der Waals surface area contributed by atoms with Gasteiger partial charge in [0, 0.05) is 67.8 Å². The summed E-state index contributed by atoms with van der Waals surface area (Å²) in [6.45, 7) is 23.2. The number of ketones is 3. The Hall–Kier alpha value is -9.89. The SMILES string of the molecule is CC(C)(C)OC(=O)N1CCC2(CC1)CC(O)C2.CC(C)(C)OC(=O)N1CCC2(CC1)CC(OC(=O)C(=O)c1ccccc1)C2.CC(C)(C)OC(=O)N1CCC2(CC1)CC(OC(=O)C(O)(c1ccccc1)C1CCCC1)C2.COC(=O)C(=O)c1ccccc1.O=C(O)C(=O)c1ccccc1.O=C(OC1CC2(CCNCC2)C1)C(O)(c1ccccc1)C1CCCC1. The Kier molecular flexibility index (Phi) is 32.6. The van der Waals surface area contributed by atoms with E-state index in [1.54, 1.807) is 93.6 Å². The molecule has 4 aliphatic heterocycles. The van der Waals surface area contributed by atoms with Gasteiger partial charge >= 0.3 is 48.1 Å². The van der Waals surface area contributed by atoms with Gasteiger partial charge in [-0.1, -0.05) is 177 Å². The third kappa shape index (κ3) is 25.9. The molecule has 124 heavy (non-hydrogen) atoms. The number of carbonyl (C=O) groups is 11. The molecule has 0 aromatic heterocycles. The molecule has 0 bridgehead atoms. The minimum Gasteiger partial charge on any atom is -0.475 e. The number of nitrogens with one attached hydrogen (secondary N) is 1. The van der Waals surface area contributed by atoms with Crippen LogP contribution in [0, 0.1) is 33.5 Å². The zero-order valence-corrected chi connectivity index (χ0v) is 74.0. The van der Waals surface area contributed by atoms with Gasteiger partial charge in [-0.2, -0.15) is 0 Å². The summed E-state index contributed by atoms with van der Waals surface area (Å²) < 4.78 is 37.6. The standard InChI is InChI=1S/C26H37NO5.C21H27NO5.C21H29NO3.C13H23NO3.C9H8O3.C8H6O3/c1-24(2,3)32-23(29)27-15-13-25(14-16-27)17-21(18-25)31-22(28)26(30,20-11-7-8-12-20)19-9-5-4-6-10-19;1-20(2,3)27-19(25)22-11-9-21(10-12-22)13-16(14-21)26-18(24)17(23)15-7-5-4-6-8-15;23-19(25-18-14-20(15-18)10-12-22-13-11-20)21(24,17-8-4-5-9-17)16-6-2-1-3-7-16;1-12(2,3)17-11(16)14-6-4-13(5-7-14)8-10(15)9-13;1-12-9(11)8(10)7-5-3-2-4-6-7;9-7(8(10)11)6-4-2-1-3-5-6/h4-6,9-10,20-21,30H,7-8,11-18H2,1-3H3;4-8,16H,9-14H2,1-3H3;1-3,6-7,17-18,22,24H,4-5,8-15H2;10,15H,4-9H2,1-3H3;2-6H,1H3;1-5H,(H,10,11). The molecule has 3 amide bonds. The minimum absolute atomic E-state index is 0.0257. The predicted octanol–water partition coefficient (Wildman–Crippen LogP) is 15.7. The highest BCUT2D eigenvalue weighted by atomic mass is 16.6. The maximum Gasteiger partial charge on any atom is 0.410 e. The molecule has 26 heteroatoms. The summed E-state index contributed by atoms with van der Waals surface area (Å²) in [5.41, 5.74) is -1.31. The Labute approximate surface area is 729 Å². The van der Waals surface area contributed by atoms with Crippen LogP contribution in [0.25, 0.3) is 0 Å². The van der Waals surface area contributed by atoms with Crippen LogP contribution < -0.4 is 5.32 Å². The first-order valence-corrected chi connectivity index (χ1v) is 44.3. The number of rotatable bonds is 15. The molecule has 10 fully saturated rings. The Morgan fingerprint density at radius 3 is 0.911 bits per heavy atom. The van der Waals surface area contributed by atoms with Crippen molar-refractivity contribution in [3.05, 3.63) is 179 Å². The van der Waals surface area contributed by atoms with Gasteiger partial charge in [-0.25, -0.2) is 38.4 Å². The quantitative estimate of drug-likeness (QED) is 0.0281. The molecule has 0 radical (unpaired) electrons. The van der Waals surface area contributed by atoms with Crippen LogP contribution in [0.3, 0.4) is 0 Å². The normalized spacial score (nSPS) is 21.0. The van der Waals surface area contributed by atoms with Gasteiger partial charge in [-0.3, -0.25) is 14.4 Å². The Morgan fingerprint density at radius 2 is 0.629 bits per heavy atom. The van der Waals surface area contributed by atoms with E-state index in [-0.39, 0.29) is 70.9 Å². The molecule has 2 unspecified atom stereocenters. The van der Waals surface area contributed by atoms with E-state index in [2.05, 4.69) is 10.1 Å². The van der Waals surface area contributed by atoms with Gasteiger partial charge < -0.3 is 73.6 Å². The second kappa shape index (κ2) is 41.9. The monoisotopic (exact) mass is 1710 g/mol. The van der Waals surface area contributed by atoms with Gasteiger partial charge in [0.15, 0.2) is 11.2 Å². The van der Waals surface area contributed by atoms with Crippen LogP contribution in [0.4, 0.5) is 14.4 Å². The highest BCUT2D eigenvalue weighted by Gasteiger charge is 2.56. The number of piperidine rings is 4. The molecule has 10 aliphatic rings. The Bertz CT molecular complexity index is 4380. The van der Waals surface area contributed by atoms with Crippen molar-refractivity contribution < 1.29 is 106 Å². The van der Waals surface area contributed by atoms with Crippen molar-refractivity contribution in [2.75, 3.05) is 59.5 Å². The molecule has 26 nitrogen and oxygen atoms in total. The number of esters is 4. The summed E-state index contributed by atoms with van der Waals surface area (Å²) >= 11 is 0. The molecule has 4 heterocycles. The smallest absolute Gasteiger partial charge is 0.410 e. The largest absolute Gasteiger partial charge is 0.475 e. The first-order valence-electron chi connectivity index (χ1n) is 44.3. The van der Waals surface area contributed by atoms with E-state index in [1.807, 2.05) is 123 Å². The number of carboxylic acid groups (broad SMARTS) is 1. The third-order valence-electron chi connectivity index (χ3n) is 26.0. The second-order valence-electron chi connectivity index (χ2n) is 38.6. The predicted molar refractivity (Wildman–Crippen MR) is 462 cm³/mol. The second-order valence-corrected chi connectivity index (χ2v) is 38.6. The maximum atomic E-state index is 13.3. The minimum atomic E-state index is -1.57. The topological polar surface area (TPSA) is 355 Å². The lowest BCUT2D eigenvalue weighted by Gasteiger charge is -2.51. The molecule has 15 rings (SSSR count). The number of methoxy groups -OCH3 is 1. The number of likely N-dealkylation sites (tertiary alicyclic amines) is 3. The van der Waals surface area contributed by atoms with Crippen molar-refractivity contribution in [2.45, 2.75) is 269 Å². The van der Waals surface area contributed by atoms with Gasteiger partial charge in [0.2, 0.25) is 0 Å². The summed E-state index contributed by atoms with van der Waals surface area (Å²) in [5.74, 6) is -6.18. The summed E-state index contributed by atoms with van der Waals surface area (Å²) in [6.07, 6.45) is 21.2. The van der Waals surface area contributed by atoms with Crippen LogP contribution in [-0.4, -0.2) is 201 Å². The van der Waals surface area contributed by atoms with E-state index < -0.39 is 75.2 Å². The fourth-order valence-corrected chi connectivity index (χ4v) is 19.0. The summed E-state index contributed by atoms with van der Waals surface area (Å²) in [6, 6.07) is 43.3. The zero-order valence-electron chi connectivity index (χ0n) is 74.0. The number of ether oxygens (including phenoxy) is 7. The van der Waals surface area contributed by atoms with E-state index in [9.17, 15) is 68.1 Å². The number of nitrogens with zero attached hydrogens (tertiary/aromatic N) is 3. The number of benzene rings is 5.